The molecule has 1 N–H and O–H groups in total. The van der Waals surface area contributed by atoms with Crippen LogP contribution in [0.15, 0.2) is 0 Å². The van der Waals surface area contributed by atoms with Crippen molar-refractivity contribution in [2.75, 3.05) is 19.6 Å². The van der Waals surface area contributed by atoms with Gasteiger partial charge >= 0.3 is 6.03 Å². The van der Waals surface area contributed by atoms with E-state index in [4.69, 9.17) is 0 Å². The molecule has 0 aromatic rings. The number of hydrogen-bond donors (Lipinski definition) is 1. The standard InChI is InChI=1S/C16H29N3O/c1-2-8-19(16(20)18-9-4-3-5-10-18)15-11-13-6-7-14(12-15)17-13/h13-15,17H,2-12H2,1H3. The van der Waals surface area contributed by atoms with Crippen molar-refractivity contribution in [2.24, 2.45) is 0 Å². The minimum Gasteiger partial charge on any atom is -0.325 e. The van der Waals surface area contributed by atoms with Gasteiger partial charge in [0.2, 0.25) is 0 Å². The highest BCUT2D eigenvalue weighted by Crippen LogP contribution is 2.30. The van der Waals surface area contributed by atoms with E-state index in [-0.39, 0.29) is 0 Å². The Morgan fingerprint density at radius 3 is 2.40 bits per heavy atom. The Bertz CT molecular complexity index is 329. The zero-order valence-corrected chi connectivity index (χ0v) is 12.8. The summed E-state index contributed by atoms with van der Waals surface area (Å²) >= 11 is 0. The van der Waals surface area contributed by atoms with Crippen LogP contribution in [0.3, 0.4) is 0 Å². The molecule has 0 radical (unpaired) electrons. The van der Waals surface area contributed by atoms with E-state index in [0.717, 1.165) is 38.9 Å². The van der Waals surface area contributed by atoms with Crippen LogP contribution in [0.25, 0.3) is 0 Å². The number of hydrogen-bond acceptors (Lipinski definition) is 2. The molecule has 3 aliphatic heterocycles. The van der Waals surface area contributed by atoms with E-state index >= 15 is 0 Å². The second kappa shape index (κ2) is 6.33. The molecule has 0 aromatic carbocycles. The molecule has 3 saturated heterocycles. The van der Waals surface area contributed by atoms with Crippen molar-refractivity contribution in [2.45, 2.75) is 76.4 Å². The first-order chi connectivity index (χ1) is 9.78. The molecule has 3 heterocycles. The number of urea groups is 1. The lowest BCUT2D eigenvalue weighted by atomic mass is 9.98. The zero-order chi connectivity index (χ0) is 13.9. The number of carbonyl (C=O) groups excluding carboxylic acids is 1. The molecule has 0 aromatic heterocycles. The summed E-state index contributed by atoms with van der Waals surface area (Å²) < 4.78 is 0. The van der Waals surface area contributed by atoms with Gasteiger partial charge in [-0.2, -0.15) is 0 Å². The predicted molar refractivity (Wildman–Crippen MR) is 80.8 cm³/mol. The van der Waals surface area contributed by atoms with Gasteiger partial charge in [-0.15, -0.1) is 0 Å². The molecular weight excluding hydrogens is 250 g/mol. The fourth-order valence-electron chi connectivity index (χ4n) is 4.22. The topological polar surface area (TPSA) is 35.6 Å². The van der Waals surface area contributed by atoms with Gasteiger partial charge in [-0.3, -0.25) is 0 Å². The number of rotatable bonds is 3. The van der Waals surface area contributed by atoms with Crippen LogP contribution in [0, 0.1) is 0 Å². The molecule has 3 rings (SSSR count). The maximum Gasteiger partial charge on any atom is 0.320 e. The minimum atomic E-state index is 0.317. The van der Waals surface area contributed by atoms with Crippen LogP contribution >= 0.6 is 0 Å². The summed E-state index contributed by atoms with van der Waals surface area (Å²) in [5, 5.41) is 3.68. The largest absolute Gasteiger partial charge is 0.325 e. The van der Waals surface area contributed by atoms with Gasteiger partial charge < -0.3 is 15.1 Å². The maximum atomic E-state index is 12.9. The molecule has 20 heavy (non-hydrogen) atoms. The van der Waals surface area contributed by atoms with Crippen molar-refractivity contribution in [3.63, 3.8) is 0 Å². The Morgan fingerprint density at radius 2 is 1.80 bits per heavy atom. The Balaban J connectivity index is 1.66. The molecule has 2 unspecified atom stereocenters. The molecule has 0 aliphatic carbocycles. The highest BCUT2D eigenvalue weighted by atomic mass is 16.2. The molecule has 0 spiro atoms. The van der Waals surface area contributed by atoms with E-state index in [2.05, 4.69) is 22.0 Å². The summed E-state index contributed by atoms with van der Waals surface area (Å²) in [6, 6.07) is 2.11. The van der Waals surface area contributed by atoms with Gasteiger partial charge in [0, 0.05) is 37.8 Å². The highest BCUT2D eigenvalue weighted by molar-refractivity contribution is 5.75. The minimum absolute atomic E-state index is 0.317. The number of likely N-dealkylation sites (tertiary alicyclic amines) is 1. The van der Waals surface area contributed by atoms with Gasteiger partial charge in [-0.05, 0) is 51.4 Å². The van der Waals surface area contributed by atoms with Crippen molar-refractivity contribution in [1.29, 1.82) is 0 Å². The third-order valence-corrected chi connectivity index (χ3v) is 5.23. The summed E-state index contributed by atoms with van der Waals surface area (Å²) in [5.41, 5.74) is 0. The van der Waals surface area contributed by atoms with Crippen LogP contribution in [0.4, 0.5) is 4.79 Å². The van der Waals surface area contributed by atoms with E-state index in [0.29, 0.717) is 24.2 Å². The van der Waals surface area contributed by atoms with Crippen LogP contribution in [0.2, 0.25) is 0 Å². The van der Waals surface area contributed by atoms with Crippen molar-refractivity contribution >= 4 is 6.03 Å². The van der Waals surface area contributed by atoms with E-state index < -0.39 is 0 Å². The van der Waals surface area contributed by atoms with E-state index in [1.165, 1.54) is 32.1 Å². The molecule has 2 amide bonds. The number of nitrogens with one attached hydrogen (secondary N) is 1. The van der Waals surface area contributed by atoms with E-state index in [1.54, 1.807) is 0 Å². The second-order valence-electron chi connectivity index (χ2n) is 6.79. The van der Waals surface area contributed by atoms with Gasteiger partial charge in [0.15, 0.2) is 0 Å². The predicted octanol–water partition coefficient (Wildman–Crippen LogP) is 2.59. The van der Waals surface area contributed by atoms with Gasteiger partial charge in [0.05, 0.1) is 0 Å². The second-order valence-corrected chi connectivity index (χ2v) is 6.79. The van der Waals surface area contributed by atoms with Crippen molar-refractivity contribution in [3.8, 4) is 0 Å². The van der Waals surface area contributed by atoms with Crippen molar-refractivity contribution in [3.05, 3.63) is 0 Å². The molecule has 2 atom stereocenters. The van der Waals surface area contributed by atoms with Gasteiger partial charge in [0.25, 0.3) is 0 Å². The molecule has 4 heteroatoms. The van der Waals surface area contributed by atoms with Gasteiger partial charge in [0.1, 0.15) is 0 Å². The lowest BCUT2D eigenvalue weighted by Crippen LogP contribution is -2.54. The summed E-state index contributed by atoms with van der Waals surface area (Å²) in [5.74, 6) is 0. The maximum absolute atomic E-state index is 12.9. The molecule has 3 fully saturated rings. The number of carbonyl (C=O) groups is 1. The average molecular weight is 279 g/mol. The summed E-state index contributed by atoms with van der Waals surface area (Å²) in [4.78, 5) is 17.2. The third kappa shape index (κ3) is 2.95. The summed E-state index contributed by atoms with van der Waals surface area (Å²) in [6.45, 7) is 5.05. The zero-order valence-electron chi connectivity index (χ0n) is 12.8. The van der Waals surface area contributed by atoms with Crippen molar-refractivity contribution in [1.82, 2.24) is 15.1 Å². The lowest BCUT2D eigenvalue weighted by molar-refractivity contribution is 0.107. The number of fused-ring (bicyclic) bond motifs is 2. The Hall–Kier alpha value is -0.770. The molecule has 114 valence electrons. The quantitative estimate of drug-likeness (QED) is 0.862. The molecule has 3 aliphatic rings. The van der Waals surface area contributed by atoms with Crippen LogP contribution in [-0.2, 0) is 0 Å². The van der Waals surface area contributed by atoms with Crippen LogP contribution in [0.5, 0.6) is 0 Å². The Labute approximate surface area is 122 Å². The first kappa shape index (κ1) is 14.2. The van der Waals surface area contributed by atoms with Crippen LogP contribution in [-0.4, -0.2) is 53.6 Å². The fraction of sp³-hybridized carbons (Fsp3) is 0.938. The fourth-order valence-corrected chi connectivity index (χ4v) is 4.22. The molecule has 4 nitrogen and oxygen atoms in total. The van der Waals surface area contributed by atoms with Gasteiger partial charge in [-0.1, -0.05) is 6.92 Å². The number of amides is 2. The average Bonchev–Trinajstić information content (AvgIpc) is 2.83. The Kier molecular flexibility index (Phi) is 4.49. The monoisotopic (exact) mass is 279 g/mol. The number of piperidine rings is 2. The highest BCUT2D eigenvalue weighted by Gasteiger charge is 2.38. The molecule has 0 saturated carbocycles. The number of nitrogens with zero attached hydrogens (tertiary/aromatic N) is 2. The van der Waals surface area contributed by atoms with Crippen LogP contribution in [0.1, 0.15) is 58.3 Å². The molecule has 2 bridgehead atoms. The van der Waals surface area contributed by atoms with Gasteiger partial charge in [-0.25, -0.2) is 4.79 Å². The summed E-state index contributed by atoms with van der Waals surface area (Å²) in [6.07, 6.45) is 9.66. The lowest BCUT2D eigenvalue weighted by Gasteiger charge is -2.41. The smallest absolute Gasteiger partial charge is 0.320 e. The first-order valence-electron chi connectivity index (χ1n) is 8.59. The SMILES string of the molecule is CCCN(C(=O)N1CCCCC1)C1CC2CCC(C1)N2. The van der Waals surface area contributed by atoms with E-state index in [1.807, 2.05) is 0 Å². The third-order valence-electron chi connectivity index (χ3n) is 5.23. The van der Waals surface area contributed by atoms with Crippen LogP contribution < -0.4 is 5.32 Å². The first-order valence-corrected chi connectivity index (χ1v) is 8.59. The molecular formula is C16H29N3O. The Morgan fingerprint density at radius 1 is 1.15 bits per heavy atom. The summed E-state index contributed by atoms with van der Waals surface area (Å²) in [7, 11) is 0. The normalized spacial score (nSPS) is 33.2. The van der Waals surface area contributed by atoms with Crippen molar-refractivity contribution < 1.29 is 4.79 Å². The van der Waals surface area contributed by atoms with E-state index in [9.17, 15) is 4.79 Å².